The van der Waals surface area contributed by atoms with Gasteiger partial charge in [0.1, 0.15) is 5.69 Å². The Morgan fingerprint density at radius 3 is 2.88 bits per heavy atom. The fraction of sp³-hybridized carbons (Fsp3) is 0.615. The van der Waals surface area contributed by atoms with Crippen LogP contribution in [-0.4, -0.2) is 17.1 Å². The molecule has 94 valence electrons. The number of carbonyl (C=O) groups is 1. The molecule has 1 aliphatic carbocycles. The van der Waals surface area contributed by atoms with E-state index in [1.807, 2.05) is 10.8 Å². The molecule has 1 aliphatic rings. The number of hydrogen-bond acceptors (Lipinski definition) is 3. The first kappa shape index (κ1) is 12.0. The summed E-state index contributed by atoms with van der Waals surface area (Å²) in [6.07, 6.45) is 4.98. The van der Waals surface area contributed by atoms with Gasteiger partial charge in [0.2, 0.25) is 0 Å². The number of ether oxygens (including phenoxy) is 1. The Balaban J connectivity index is 1.98. The minimum Gasteiger partial charge on any atom is -0.461 e. The third-order valence-electron chi connectivity index (χ3n) is 2.95. The van der Waals surface area contributed by atoms with Crippen molar-refractivity contribution in [1.82, 2.24) is 4.57 Å². The molecule has 0 atom stereocenters. The van der Waals surface area contributed by atoms with E-state index in [2.05, 4.69) is 13.8 Å². The van der Waals surface area contributed by atoms with Crippen LogP contribution in [0.2, 0.25) is 0 Å². The number of nitrogens with zero attached hydrogens (tertiary/aromatic N) is 1. The minimum atomic E-state index is -0.255. The van der Waals surface area contributed by atoms with E-state index in [1.54, 1.807) is 6.07 Å². The fourth-order valence-electron chi connectivity index (χ4n) is 1.78. The van der Waals surface area contributed by atoms with E-state index in [1.165, 1.54) is 0 Å². The van der Waals surface area contributed by atoms with Crippen molar-refractivity contribution in [1.29, 1.82) is 0 Å². The van der Waals surface area contributed by atoms with Crippen molar-refractivity contribution in [3.8, 4) is 0 Å². The number of carbonyl (C=O) groups excluding carboxylic acids is 1. The molecule has 17 heavy (non-hydrogen) atoms. The molecule has 0 unspecified atom stereocenters. The topological polar surface area (TPSA) is 57.2 Å². The first-order chi connectivity index (χ1) is 8.08. The third kappa shape index (κ3) is 3.02. The van der Waals surface area contributed by atoms with Gasteiger partial charge >= 0.3 is 5.97 Å². The van der Waals surface area contributed by atoms with Crippen LogP contribution in [0.4, 0.5) is 5.69 Å². The predicted octanol–water partition coefficient (Wildman–Crippen LogP) is 2.61. The molecule has 1 aromatic heterocycles. The molecule has 0 amide bonds. The van der Waals surface area contributed by atoms with Crippen LogP contribution in [0.3, 0.4) is 0 Å². The standard InChI is InChI=1S/C13H20N2O2/c1-9(2)5-6-17-13(16)12-7-10(14)8-15(12)11-3-4-11/h7-9,11H,3-6,14H2,1-2H3. The van der Waals surface area contributed by atoms with E-state index in [0.717, 1.165) is 19.3 Å². The minimum absolute atomic E-state index is 0.255. The van der Waals surface area contributed by atoms with E-state index in [0.29, 0.717) is 29.9 Å². The van der Waals surface area contributed by atoms with Gasteiger partial charge < -0.3 is 15.0 Å². The van der Waals surface area contributed by atoms with Crippen LogP contribution in [0.5, 0.6) is 0 Å². The van der Waals surface area contributed by atoms with Crippen molar-refractivity contribution in [2.24, 2.45) is 5.92 Å². The number of hydrogen-bond donors (Lipinski definition) is 1. The molecule has 0 saturated heterocycles. The molecule has 2 N–H and O–H groups in total. The lowest BCUT2D eigenvalue weighted by molar-refractivity contribution is 0.0475. The second kappa shape index (κ2) is 4.82. The normalized spacial score (nSPS) is 15.2. The largest absolute Gasteiger partial charge is 0.461 e. The van der Waals surface area contributed by atoms with E-state index in [9.17, 15) is 4.79 Å². The van der Waals surface area contributed by atoms with Crippen LogP contribution >= 0.6 is 0 Å². The average Bonchev–Trinajstić information content (AvgIpc) is 3.01. The first-order valence-electron chi connectivity index (χ1n) is 6.22. The van der Waals surface area contributed by atoms with Crippen LogP contribution in [-0.2, 0) is 4.74 Å². The van der Waals surface area contributed by atoms with Gasteiger partial charge in [0.15, 0.2) is 0 Å². The van der Waals surface area contributed by atoms with Crippen molar-refractivity contribution >= 4 is 11.7 Å². The molecule has 4 heteroatoms. The Labute approximate surface area is 102 Å². The second-order valence-electron chi connectivity index (χ2n) is 5.12. The monoisotopic (exact) mass is 236 g/mol. The molecule has 1 heterocycles. The smallest absolute Gasteiger partial charge is 0.355 e. The zero-order valence-corrected chi connectivity index (χ0v) is 10.5. The summed E-state index contributed by atoms with van der Waals surface area (Å²) in [5, 5.41) is 0. The Morgan fingerprint density at radius 1 is 1.59 bits per heavy atom. The summed E-state index contributed by atoms with van der Waals surface area (Å²) in [4.78, 5) is 11.9. The maximum absolute atomic E-state index is 11.9. The van der Waals surface area contributed by atoms with Crippen LogP contribution in [0.15, 0.2) is 12.3 Å². The summed E-state index contributed by atoms with van der Waals surface area (Å²) in [6.45, 7) is 4.70. The molecule has 0 bridgehead atoms. The molecule has 1 saturated carbocycles. The molecule has 4 nitrogen and oxygen atoms in total. The van der Waals surface area contributed by atoms with Crippen LogP contribution in [0.1, 0.15) is 49.6 Å². The summed E-state index contributed by atoms with van der Waals surface area (Å²) < 4.78 is 7.21. The molecule has 2 rings (SSSR count). The Hall–Kier alpha value is -1.45. The number of anilines is 1. The van der Waals surface area contributed by atoms with Crippen molar-refractivity contribution in [2.45, 2.75) is 39.2 Å². The van der Waals surface area contributed by atoms with Crippen molar-refractivity contribution in [3.63, 3.8) is 0 Å². The predicted molar refractivity (Wildman–Crippen MR) is 66.9 cm³/mol. The molecule has 0 spiro atoms. The van der Waals surface area contributed by atoms with Gasteiger partial charge in [0.05, 0.1) is 12.3 Å². The van der Waals surface area contributed by atoms with Gasteiger partial charge in [0.25, 0.3) is 0 Å². The summed E-state index contributed by atoms with van der Waals surface area (Å²) in [5.41, 5.74) is 6.95. The lowest BCUT2D eigenvalue weighted by Crippen LogP contribution is -2.12. The third-order valence-corrected chi connectivity index (χ3v) is 2.95. The average molecular weight is 236 g/mol. The molecule has 0 aliphatic heterocycles. The van der Waals surface area contributed by atoms with Crippen molar-refractivity contribution in [3.05, 3.63) is 18.0 Å². The summed E-state index contributed by atoms with van der Waals surface area (Å²) in [6, 6.07) is 2.15. The summed E-state index contributed by atoms with van der Waals surface area (Å²) in [5.74, 6) is 0.289. The Bertz CT molecular complexity index is 406. The van der Waals surface area contributed by atoms with Crippen LogP contribution < -0.4 is 5.73 Å². The Kier molecular flexibility index (Phi) is 3.41. The highest BCUT2D eigenvalue weighted by Crippen LogP contribution is 2.37. The van der Waals surface area contributed by atoms with Crippen LogP contribution in [0.25, 0.3) is 0 Å². The first-order valence-corrected chi connectivity index (χ1v) is 6.22. The van der Waals surface area contributed by atoms with Crippen molar-refractivity contribution < 1.29 is 9.53 Å². The quantitative estimate of drug-likeness (QED) is 0.799. The highest BCUT2D eigenvalue weighted by Gasteiger charge is 2.28. The van der Waals surface area contributed by atoms with Gasteiger partial charge in [-0.25, -0.2) is 4.79 Å². The molecule has 0 aromatic carbocycles. The van der Waals surface area contributed by atoms with Crippen molar-refractivity contribution in [2.75, 3.05) is 12.3 Å². The van der Waals surface area contributed by atoms with E-state index < -0.39 is 0 Å². The lowest BCUT2D eigenvalue weighted by Gasteiger charge is -2.09. The number of aromatic nitrogens is 1. The Morgan fingerprint density at radius 2 is 2.29 bits per heavy atom. The molecule has 1 fully saturated rings. The zero-order valence-electron chi connectivity index (χ0n) is 10.5. The van der Waals surface area contributed by atoms with E-state index >= 15 is 0 Å². The number of nitrogen functional groups attached to an aromatic ring is 1. The molecular formula is C13H20N2O2. The molecular weight excluding hydrogens is 216 g/mol. The van der Waals surface area contributed by atoms with Gasteiger partial charge in [-0.2, -0.15) is 0 Å². The molecule has 1 aromatic rings. The highest BCUT2D eigenvalue weighted by molar-refractivity contribution is 5.89. The summed E-state index contributed by atoms with van der Waals surface area (Å²) in [7, 11) is 0. The molecule has 0 radical (unpaired) electrons. The maximum Gasteiger partial charge on any atom is 0.355 e. The number of rotatable bonds is 5. The lowest BCUT2D eigenvalue weighted by atomic mass is 10.1. The van der Waals surface area contributed by atoms with Gasteiger partial charge in [-0.05, 0) is 31.2 Å². The SMILES string of the molecule is CC(C)CCOC(=O)c1cc(N)cn1C1CC1. The highest BCUT2D eigenvalue weighted by atomic mass is 16.5. The van der Waals surface area contributed by atoms with Gasteiger partial charge in [-0.3, -0.25) is 0 Å². The maximum atomic E-state index is 11.9. The summed E-state index contributed by atoms with van der Waals surface area (Å²) >= 11 is 0. The van der Waals surface area contributed by atoms with Gasteiger partial charge in [-0.15, -0.1) is 0 Å². The van der Waals surface area contributed by atoms with E-state index in [-0.39, 0.29) is 5.97 Å². The number of esters is 1. The zero-order chi connectivity index (χ0) is 12.4. The van der Waals surface area contributed by atoms with Gasteiger partial charge in [-0.1, -0.05) is 13.8 Å². The van der Waals surface area contributed by atoms with Crippen LogP contribution in [0, 0.1) is 5.92 Å². The fourth-order valence-corrected chi connectivity index (χ4v) is 1.78. The van der Waals surface area contributed by atoms with E-state index in [4.69, 9.17) is 10.5 Å². The second-order valence-corrected chi connectivity index (χ2v) is 5.12. The number of nitrogens with two attached hydrogens (primary N) is 1. The van der Waals surface area contributed by atoms with Gasteiger partial charge in [0, 0.05) is 12.2 Å².